The molecule has 3 heterocycles. The minimum atomic E-state index is -0.889. The van der Waals surface area contributed by atoms with Crippen LogP contribution in [-0.2, 0) is 4.79 Å². The van der Waals surface area contributed by atoms with Gasteiger partial charge in [-0.3, -0.25) is 15.0 Å². The molecule has 2 N–H and O–H groups in total. The van der Waals surface area contributed by atoms with Gasteiger partial charge in [-0.1, -0.05) is 60.2 Å². The summed E-state index contributed by atoms with van der Waals surface area (Å²) in [6.07, 6.45) is 0. The van der Waals surface area contributed by atoms with Gasteiger partial charge in [0.15, 0.2) is 0 Å². The van der Waals surface area contributed by atoms with Crippen LogP contribution in [0, 0.1) is 6.92 Å². The van der Waals surface area contributed by atoms with E-state index in [1.807, 2.05) is 55.5 Å². The van der Waals surface area contributed by atoms with Crippen molar-refractivity contribution in [2.75, 3.05) is 0 Å². The molecule has 2 atom stereocenters. The van der Waals surface area contributed by atoms with E-state index in [2.05, 4.69) is 10.4 Å². The summed E-state index contributed by atoms with van der Waals surface area (Å²) in [6.45, 7) is 1.99. The zero-order valence-corrected chi connectivity index (χ0v) is 19.9. The molecule has 2 aromatic heterocycles. The lowest BCUT2D eigenvalue weighted by Gasteiger charge is -2.44. The standard InChI is InChI=1S/C28H20ClN3O4/c1-15-11-12-20-18(13-15)22(24(30-20)16-7-3-2-4-8-16)25-23(29)27(34)32(25)31-26(33)19-14-17-9-5-6-10-21(17)36-28(19)35/h2-14,23,25,30H,1H3,(H,31,33). The zero-order valence-electron chi connectivity index (χ0n) is 19.1. The second kappa shape index (κ2) is 8.39. The Hall–Kier alpha value is -4.36. The highest BCUT2D eigenvalue weighted by Crippen LogP contribution is 2.45. The lowest BCUT2D eigenvalue weighted by atomic mass is 9.90. The van der Waals surface area contributed by atoms with Gasteiger partial charge in [0, 0.05) is 21.9 Å². The van der Waals surface area contributed by atoms with E-state index in [0.717, 1.165) is 33.3 Å². The molecule has 0 saturated carbocycles. The first kappa shape index (κ1) is 22.1. The largest absolute Gasteiger partial charge is 0.422 e. The van der Waals surface area contributed by atoms with Crippen LogP contribution in [0.2, 0.25) is 0 Å². The summed E-state index contributed by atoms with van der Waals surface area (Å²) in [5.74, 6) is -1.20. The zero-order chi connectivity index (χ0) is 25.0. The quantitative estimate of drug-likeness (QED) is 0.205. The van der Waals surface area contributed by atoms with Crippen molar-refractivity contribution in [3.63, 3.8) is 0 Å². The average molecular weight is 498 g/mol. The molecule has 3 aromatic carbocycles. The van der Waals surface area contributed by atoms with Crippen LogP contribution in [0.4, 0.5) is 0 Å². The molecule has 1 aliphatic heterocycles. The van der Waals surface area contributed by atoms with Crippen LogP contribution in [0.25, 0.3) is 33.1 Å². The van der Waals surface area contributed by atoms with Crippen molar-refractivity contribution in [2.24, 2.45) is 0 Å². The Morgan fingerprint density at radius 2 is 1.75 bits per heavy atom. The molecule has 5 aromatic rings. The molecule has 0 radical (unpaired) electrons. The Balaban J connectivity index is 1.43. The molecule has 0 bridgehead atoms. The molecule has 1 fully saturated rings. The molecule has 178 valence electrons. The molecule has 7 nitrogen and oxygen atoms in total. The summed E-state index contributed by atoms with van der Waals surface area (Å²) in [5, 5.41) is 1.82. The van der Waals surface area contributed by atoms with Crippen molar-refractivity contribution >= 4 is 45.3 Å². The predicted molar refractivity (Wildman–Crippen MR) is 138 cm³/mol. The Morgan fingerprint density at radius 1 is 1.00 bits per heavy atom. The number of hydrogen-bond donors (Lipinski definition) is 2. The Morgan fingerprint density at radius 3 is 2.56 bits per heavy atom. The van der Waals surface area contributed by atoms with Crippen LogP contribution < -0.4 is 11.1 Å². The SMILES string of the molecule is Cc1ccc2[nH]c(-c3ccccc3)c(C3C(Cl)C(=O)N3NC(=O)c3cc4ccccc4oc3=O)c2c1. The van der Waals surface area contributed by atoms with Gasteiger partial charge in [0.1, 0.15) is 22.6 Å². The fourth-order valence-corrected chi connectivity index (χ4v) is 5.05. The van der Waals surface area contributed by atoms with E-state index in [-0.39, 0.29) is 5.56 Å². The molecule has 1 saturated heterocycles. The topological polar surface area (TPSA) is 95.4 Å². The van der Waals surface area contributed by atoms with Crippen LogP contribution in [0.1, 0.15) is 27.5 Å². The Bertz CT molecular complexity index is 1720. The number of aryl methyl sites for hydroxylation is 1. The second-order valence-corrected chi connectivity index (χ2v) is 9.28. The summed E-state index contributed by atoms with van der Waals surface area (Å²) in [4.78, 5) is 41.9. The number of H-pyrrole nitrogens is 1. The number of aromatic nitrogens is 1. The number of nitrogens with one attached hydrogen (secondary N) is 2. The molecular formula is C28H20ClN3O4. The van der Waals surface area contributed by atoms with Gasteiger partial charge in [-0.05, 0) is 36.8 Å². The number of carbonyl (C=O) groups excluding carboxylic acids is 2. The third-order valence-corrected chi connectivity index (χ3v) is 6.91. The van der Waals surface area contributed by atoms with Crippen molar-refractivity contribution in [2.45, 2.75) is 18.3 Å². The minimum absolute atomic E-state index is 0.198. The maximum absolute atomic E-state index is 13.1. The van der Waals surface area contributed by atoms with Crippen molar-refractivity contribution in [1.82, 2.24) is 15.4 Å². The van der Waals surface area contributed by atoms with Crippen LogP contribution in [0.3, 0.4) is 0 Å². The molecule has 2 unspecified atom stereocenters. The monoisotopic (exact) mass is 497 g/mol. The number of fused-ring (bicyclic) bond motifs is 2. The number of halogens is 1. The molecule has 0 spiro atoms. The number of hydrogen-bond acceptors (Lipinski definition) is 4. The molecule has 2 amide bonds. The van der Waals surface area contributed by atoms with Gasteiger partial charge in [0.05, 0.1) is 5.69 Å². The second-order valence-electron chi connectivity index (χ2n) is 8.81. The predicted octanol–water partition coefficient (Wildman–Crippen LogP) is 5.09. The van der Waals surface area contributed by atoms with Gasteiger partial charge in [0.25, 0.3) is 11.8 Å². The number of alkyl halides is 1. The summed E-state index contributed by atoms with van der Waals surface area (Å²) in [6, 6.07) is 23.4. The Kier molecular flexibility index (Phi) is 5.16. The number of rotatable bonds is 4. The van der Waals surface area contributed by atoms with Crippen molar-refractivity contribution in [1.29, 1.82) is 0 Å². The molecular weight excluding hydrogens is 478 g/mol. The van der Waals surface area contributed by atoms with Crippen molar-refractivity contribution in [3.8, 4) is 11.3 Å². The van der Waals surface area contributed by atoms with Crippen molar-refractivity contribution in [3.05, 3.63) is 106 Å². The lowest BCUT2D eigenvalue weighted by Crippen LogP contribution is -2.63. The summed E-state index contributed by atoms with van der Waals surface area (Å²) in [7, 11) is 0. The first-order chi connectivity index (χ1) is 17.4. The van der Waals surface area contributed by atoms with Crippen LogP contribution in [-0.4, -0.2) is 27.2 Å². The fraction of sp³-hybridized carbons (Fsp3) is 0.107. The normalized spacial score (nSPS) is 17.4. The van der Waals surface area contributed by atoms with Gasteiger partial charge in [0.2, 0.25) is 0 Å². The van der Waals surface area contributed by atoms with E-state index in [1.54, 1.807) is 24.3 Å². The molecule has 0 aliphatic carbocycles. The van der Waals surface area contributed by atoms with Crippen LogP contribution in [0.15, 0.2) is 88.1 Å². The molecule has 36 heavy (non-hydrogen) atoms. The number of aromatic amines is 1. The number of β-lactam (4-membered cyclic amide) rings is 1. The van der Waals surface area contributed by atoms with Gasteiger partial charge in [-0.2, -0.15) is 0 Å². The number of hydrazine groups is 1. The maximum atomic E-state index is 13.1. The summed E-state index contributed by atoms with van der Waals surface area (Å²) < 4.78 is 5.29. The molecule has 6 rings (SSSR count). The molecule has 1 aliphatic rings. The van der Waals surface area contributed by atoms with Gasteiger partial charge < -0.3 is 9.40 Å². The first-order valence-corrected chi connectivity index (χ1v) is 11.8. The fourth-order valence-electron chi connectivity index (χ4n) is 4.71. The number of nitrogens with zero attached hydrogens (tertiary/aromatic N) is 1. The van der Waals surface area contributed by atoms with Gasteiger partial charge >= 0.3 is 5.63 Å². The lowest BCUT2D eigenvalue weighted by molar-refractivity contribution is -0.149. The highest BCUT2D eigenvalue weighted by Gasteiger charge is 2.50. The number of para-hydroxylation sites is 1. The highest BCUT2D eigenvalue weighted by atomic mass is 35.5. The van der Waals surface area contributed by atoms with E-state index in [9.17, 15) is 14.4 Å². The van der Waals surface area contributed by atoms with Crippen molar-refractivity contribution < 1.29 is 14.0 Å². The minimum Gasteiger partial charge on any atom is -0.422 e. The first-order valence-electron chi connectivity index (χ1n) is 11.4. The van der Waals surface area contributed by atoms with E-state index >= 15 is 0 Å². The number of amides is 2. The third kappa shape index (κ3) is 3.48. The third-order valence-electron chi connectivity index (χ3n) is 6.49. The maximum Gasteiger partial charge on any atom is 0.349 e. The van der Waals surface area contributed by atoms with E-state index in [1.165, 1.54) is 11.1 Å². The van der Waals surface area contributed by atoms with Crippen LogP contribution >= 0.6 is 11.6 Å². The van der Waals surface area contributed by atoms with Crippen LogP contribution in [0.5, 0.6) is 0 Å². The summed E-state index contributed by atoms with van der Waals surface area (Å²) in [5.41, 5.74) is 6.45. The highest BCUT2D eigenvalue weighted by molar-refractivity contribution is 6.34. The van der Waals surface area contributed by atoms with E-state index < -0.39 is 28.9 Å². The van der Waals surface area contributed by atoms with Gasteiger partial charge in [-0.25, -0.2) is 9.80 Å². The smallest absolute Gasteiger partial charge is 0.349 e. The van der Waals surface area contributed by atoms with E-state index in [4.69, 9.17) is 16.0 Å². The number of carbonyl (C=O) groups is 2. The van der Waals surface area contributed by atoms with Gasteiger partial charge in [-0.15, -0.1) is 11.6 Å². The Labute approximate surface area is 210 Å². The van der Waals surface area contributed by atoms with E-state index in [0.29, 0.717) is 11.0 Å². The number of benzene rings is 3. The average Bonchev–Trinajstić information content (AvgIpc) is 3.26. The molecule has 8 heteroatoms. The summed E-state index contributed by atoms with van der Waals surface area (Å²) >= 11 is 6.55.